The Morgan fingerprint density at radius 3 is 2.59 bits per heavy atom. The van der Waals surface area contributed by atoms with Crippen LogP contribution >= 0.6 is 0 Å². The van der Waals surface area contributed by atoms with Crippen molar-refractivity contribution in [3.05, 3.63) is 29.3 Å². The van der Waals surface area contributed by atoms with Gasteiger partial charge in [0.15, 0.2) is 0 Å². The molecule has 2 atom stereocenters. The minimum absolute atomic E-state index is 0.0204. The van der Waals surface area contributed by atoms with Crippen molar-refractivity contribution >= 4 is 5.97 Å². The summed E-state index contributed by atoms with van der Waals surface area (Å²) in [6, 6.07) is 6.31. The van der Waals surface area contributed by atoms with Crippen molar-refractivity contribution in [1.82, 2.24) is 5.32 Å². The predicted octanol–water partition coefficient (Wildman–Crippen LogP) is 3.49. The molecular weight excluding hydrogens is 342 g/mol. The van der Waals surface area contributed by atoms with Crippen molar-refractivity contribution in [2.75, 3.05) is 13.2 Å². The van der Waals surface area contributed by atoms with Crippen LogP contribution in [0.15, 0.2) is 18.2 Å². The van der Waals surface area contributed by atoms with Crippen molar-refractivity contribution in [2.45, 2.75) is 77.0 Å². The van der Waals surface area contributed by atoms with Gasteiger partial charge < -0.3 is 19.9 Å². The SMILES string of the molecule is CCOC(=O)C1CCC(N[C@@H]2COc3cc(C(C)(C)C)ccc3[C@@H]2O)CC1. The second kappa shape index (κ2) is 8.19. The topological polar surface area (TPSA) is 67.8 Å². The third kappa shape index (κ3) is 4.64. The number of carbonyl (C=O) groups is 1. The Balaban J connectivity index is 1.58. The fourth-order valence-electron chi connectivity index (χ4n) is 4.06. The van der Waals surface area contributed by atoms with Crippen molar-refractivity contribution in [3.8, 4) is 5.75 Å². The number of esters is 1. The van der Waals surface area contributed by atoms with Gasteiger partial charge in [-0.1, -0.05) is 32.9 Å². The molecule has 0 radical (unpaired) electrons. The summed E-state index contributed by atoms with van der Waals surface area (Å²) in [5.41, 5.74) is 2.11. The largest absolute Gasteiger partial charge is 0.491 e. The highest BCUT2D eigenvalue weighted by atomic mass is 16.5. The van der Waals surface area contributed by atoms with E-state index in [2.05, 4.69) is 38.2 Å². The third-order valence-electron chi connectivity index (χ3n) is 5.79. The molecule has 2 aliphatic rings. The fourth-order valence-corrected chi connectivity index (χ4v) is 4.06. The number of fused-ring (bicyclic) bond motifs is 1. The van der Waals surface area contributed by atoms with E-state index in [-0.39, 0.29) is 23.3 Å². The van der Waals surface area contributed by atoms with Gasteiger partial charge in [0.1, 0.15) is 18.5 Å². The molecule has 0 unspecified atom stereocenters. The van der Waals surface area contributed by atoms with Crippen LogP contribution in [0.4, 0.5) is 0 Å². The van der Waals surface area contributed by atoms with E-state index in [1.807, 2.05) is 13.0 Å². The van der Waals surface area contributed by atoms with Crippen molar-refractivity contribution in [2.24, 2.45) is 5.92 Å². The molecule has 2 N–H and O–H groups in total. The zero-order valence-corrected chi connectivity index (χ0v) is 17.0. The van der Waals surface area contributed by atoms with E-state index < -0.39 is 6.10 Å². The Labute approximate surface area is 162 Å². The van der Waals surface area contributed by atoms with E-state index >= 15 is 0 Å². The van der Waals surface area contributed by atoms with Gasteiger partial charge in [0.25, 0.3) is 0 Å². The number of ether oxygens (including phenoxy) is 2. The summed E-state index contributed by atoms with van der Waals surface area (Å²) in [6.07, 6.45) is 2.94. The molecule has 1 aliphatic heterocycles. The van der Waals surface area contributed by atoms with Crippen LogP contribution < -0.4 is 10.1 Å². The second-order valence-electron chi connectivity index (χ2n) is 8.83. The number of rotatable bonds is 4. The average Bonchev–Trinajstić information content (AvgIpc) is 2.64. The summed E-state index contributed by atoms with van der Waals surface area (Å²) in [6.45, 7) is 9.26. The summed E-state index contributed by atoms with van der Waals surface area (Å²) in [7, 11) is 0. The third-order valence-corrected chi connectivity index (χ3v) is 5.79. The zero-order valence-electron chi connectivity index (χ0n) is 17.0. The maximum Gasteiger partial charge on any atom is 0.308 e. The minimum atomic E-state index is -0.578. The van der Waals surface area contributed by atoms with Gasteiger partial charge in [0.2, 0.25) is 0 Å². The molecule has 0 bridgehead atoms. The van der Waals surface area contributed by atoms with Crippen molar-refractivity contribution < 1.29 is 19.4 Å². The zero-order chi connectivity index (χ0) is 19.6. The fraction of sp³-hybridized carbons (Fsp3) is 0.682. The molecule has 0 amide bonds. The normalized spacial score (nSPS) is 28.2. The number of carbonyl (C=O) groups excluding carboxylic acids is 1. The lowest BCUT2D eigenvalue weighted by molar-refractivity contribution is -0.149. The first kappa shape index (κ1) is 20.2. The van der Waals surface area contributed by atoms with E-state index in [0.29, 0.717) is 19.3 Å². The van der Waals surface area contributed by atoms with Crippen molar-refractivity contribution in [3.63, 3.8) is 0 Å². The Bertz CT molecular complexity index is 659. The smallest absolute Gasteiger partial charge is 0.308 e. The molecule has 1 aliphatic carbocycles. The van der Waals surface area contributed by atoms with Crippen LogP contribution in [0.5, 0.6) is 5.75 Å². The van der Waals surface area contributed by atoms with E-state index in [9.17, 15) is 9.90 Å². The molecule has 0 saturated heterocycles. The molecule has 0 spiro atoms. The highest BCUT2D eigenvalue weighted by Gasteiger charge is 2.34. The Hall–Kier alpha value is -1.59. The van der Waals surface area contributed by atoms with E-state index in [4.69, 9.17) is 9.47 Å². The monoisotopic (exact) mass is 375 g/mol. The molecule has 1 heterocycles. The summed E-state index contributed by atoms with van der Waals surface area (Å²) in [5, 5.41) is 14.4. The summed E-state index contributed by atoms with van der Waals surface area (Å²) < 4.78 is 11.1. The average molecular weight is 376 g/mol. The van der Waals surface area contributed by atoms with Gasteiger partial charge in [-0.05, 0) is 49.7 Å². The van der Waals surface area contributed by atoms with E-state index in [1.165, 1.54) is 5.56 Å². The summed E-state index contributed by atoms with van der Waals surface area (Å²) in [4.78, 5) is 11.9. The molecule has 27 heavy (non-hydrogen) atoms. The Morgan fingerprint density at radius 2 is 1.96 bits per heavy atom. The first-order valence-corrected chi connectivity index (χ1v) is 10.2. The van der Waals surface area contributed by atoms with Gasteiger partial charge in [-0.25, -0.2) is 0 Å². The van der Waals surface area contributed by atoms with Crippen LogP contribution in [0.1, 0.15) is 70.6 Å². The van der Waals surface area contributed by atoms with Gasteiger partial charge in [-0.2, -0.15) is 0 Å². The Morgan fingerprint density at radius 1 is 1.26 bits per heavy atom. The number of aliphatic hydroxyl groups excluding tert-OH is 1. The molecule has 1 aromatic rings. The number of benzene rings is 1. The summed E-state index contributed by atoms with van der Waals surface area (Å²) in [5.74, 6) is 0.742. The van der Waals surface area contributed by atoms with Crippen LogP contribution in [0.2, 0.25) is 0 Å². The molecule has 1 saturated carbocycles. The minimum Gasteiger partial charge on any atom is -0.491 e. The van der Waals surface area contributed by atoms with Gasteiger partial charge >= 0.3 is 5.97 Å². The van der Waals surface area contributed by atoms with Crippen LogP contribution in [0.3, 0.4) is 0 Å². The van der Waals surface area contributed by atoms with E-state index in [1.54, 1.807) is 0 Å². The molecular formula is C22H33NO4. The second-order valence-corrected chi connectivity index (χ2v) is 8.83. The van der Waals surface area contributed by atoms with Crippen LogP contribution in [0, 0.1) is 5.92 Å². The van der Waals surface area contributed by atoms with E-state index in [0.717, 1.165) is 37.0 Å². The molecule has 5 nitrogen and oxygen atoms in total. The maximum atomic E-state index is 11.9. The maximum absolute atomic E-state index is 11.9. The lowest BCUT2D eigenvalue weighted by Gasteiger charge is -2.36. The van der Waals surface area contributed by atoms with Gasteiger partial charge in [-0.15, -0.1) is 0 Å². The number of hydrogen-bond acceptors (Lipinski definition) is 5. The van der Waals surface area contributed by atoms with Crippen molar-refractivity contribution in [1.29, 1.82) is 0 Å². The summed E-state index contributed by atoms with van der Waals surface area (Å²) >= 11 is 0. The van der Waals surface area contributed by atoms with Crippen LogP contribution in [-0.2, 0) is 14.9 Å². The highest BCUT2D eigenvalue weighted by molar-refractivity contribution is 5.72. The molecule has 3 rings (SSSR count). The van der Waals surface area contributed by atoms with Crippen LogP contribution in [0.25, 0.3) is 0 Å². The Kier molecular flexibility index (Phi) is 6.11. The van der Waals surface area contributed by atoms with Crippen LogP contribution in [-0.4, -0.2) is 36.4 Å². The first-order chi connectivity index (χ1) is 12.8. The lowest BCUT2D eigenvalue weighted by atomic mass is 9.84. The molecule has 1 aromatic carbocycles. The lowest BCUT2D eigenvalue weighted by Crippen LogP contribution is -2.48. The quantitative estimate of drug-likeness (QED) is 0.789. The standard InChI is InChI=1S/C22H33NO4/c1-5-26-21(25)14-6-9-16(10-7-14)23-18-13-27-19-12-15(22(2,3)4)8-11-17(19)20(18)24/h8,11-12,14,16,18,20,23-24H,5-7,9-10,13H2,1-4H3/t14?,16?,18-,20+/m1/s1. The van der Waals surface area contributed by atoms with Gasteiger partial charge in [0, 0.05) is 11.6 Å². The van der Waals surface area contributed by atoms with Gasteiger partial charge in [-0.3, -0.25) is 4.79 Å². The molecule has 5 heteroatoms. The number of nitrogens with one attached hydrogen (secondary N) is 1. The first-order valence-electron chi connectivity index (χ1n) is 10.2. The predicted molar refractivity (Wildman–Crippen MR) is 105 cm³/mol. The number of aliphatic hydroxyl groups is 1. The van der Waals surface area contributed by atoms with Gasteiger partial charge in [0.05, 0.1) is 18.6 Å². The molecule has 0 aromatic heterocycles. The highest BCUT2D eigenvalue weighted by Crippen LogP contribution is 2.36. The molecule has 1 fully saturated rings. The number of hydrogen-bond donors (Lipinski definition) is 2. The molecule has 150 valence electrons.